The molecule has 0 aliphatic carbocycles. The second-order valence-electron chi connectivity index (χ2n) is 3.87. The van der Waals surface area contributed by atoms with Crippen LogP contribution in [0.2, 0.25) is 0 Å². The number of benzene rings is 1. The molecule has 0 saturated carbocycles. The zero-order valence-corrected chi connectivity index (χ0v) is 10.8. The van der Waals surface area contributed by atoms with Crippen molar-refractivity contribution in [2.45, 2.75) is 18.7 Å². The average Bonchev–Trinajstić information content (AvgIpc) is 2.70. The molecule has 1 unspecified atom stereocenters. The minimum Gasteiger partial charge on any atom is -0.204 e. The van der Waals surface area contributed by atoms with Crippen LogP contribution in [-0.2, 0) is 6.42 Å². The molecule has 4 heteroatoms. The minimum absolute atomic E-state index is 0.196. The van der Waals surface area contributed by atoms with Crippen LogP contribution in [-0.4, -0.2) is 0 Å². The number of alkyl halides is 1. The van der Waals surface area contributed by atoms with Crippen molar-refractivity contribution in [3.63, 3.8) is 0 Å². The van der Waals surface area contributed by atoms with Crippen molar-refractivity contribution in [2.24, 2.45) is 0 Å². The highest BCUT2D eigenvalue weighted by molar-refractivity contribution is 7.12. The van der Waals surface area contributed by atoms with E-state index in [0.717, 1.165) is 10.9 Å². The Kier molecular flexibility index (Phi) is 3.79. The molecule has 2 aromatic rings. The number of aryl methyl sites for hydroxylation is 1. The van der Waals surface area contributed by atoms with Crippen molar-refractivity contribution < 1.29 is 8.78 Å². The summed E-state index contributed by atoms with van der Waals surface area (Å²) in [5.41, 5.74) is 0.704. The van der Waals surface area contributed by atoms with Crippen LogP contribution in [0.25, 0.3) is 0 Å². The second-order valence-corrected chi connectivity index (χ2v) is 5.71. The summed E-state index contributed by atoms with van der Waals surface area (Å²) >= 11 is 7.86. The maximum absolute atomic E-state index is 13.0. The van der Waals surface area contributed by atoms with E-state index in [1.807, 2.05) is 19.1 Å². The highest BCUT2D eigenvalue weighted by Crippen LogP contribution is 2.30. The number of hydrogen-bond acceptors (Lipinski definition) is 1. The predicted octanol–water partition coefficient (Wildman–Crippen LogP) is 4.86. The van der Waals surface area contributed by atoms with E-state index >= 15 is 0 Å². The lowest BCUT2D eigenvalue weighted by molar-refractivity contribution is 0.507. The second kappa shape index (κ2) is 5.15. The van der Waals surface area contributed by atoms with E-state index in [0.29, 0.717) is 12.0 Å². The van der Waals surface area contributed by atoms with Gasteiger partial charge in [-0.3, -0.25) is 0 Å². The fourth-order valence-electron chi connectivity index (χ4n) is 1.60. The predicted molar refractivity (Wildman–Crippen MR) is 67.7 cm³/mol. The van der Waals surface area contributed by atoms with Gasteiger partial charge in [-0.15, -0.1) is 22.9 Å². The third-order valence-corrected chi connectivity index (χ3v) is 4.10. The summed E-state index contributed by atoms with van der Waals surface area (Å²) in [4.78, 5) is 2.24. The lowest BCUT2D eigenvalue weighted by atomic mass is 10.1. The molecule has 0 aliphatic rings. The number of thiophene rings is 1. The summed E-state index contributed by atoms with van der Waals surface area (Å²) in [6.45, 7) is 2.01. The van der Waals surface area contributed by atoms with Crippen molar-refractivity contribution >= 4 is 22.9 Å². The van der Waals surface area contributed by atoms with E-state index in [9.17, 15) is 8.78 Å². The van der Waals surface area contributed by atoms with Crippen molar-refractivity contribution in [3.8, 4) is 0 Å². The Hall–Kier alpha value is -0.930. The third-order valence-electron chi connectivity index (χ3n) is 2.47. The quantitative estimate of drug-likeness (QED) is 0.700. The topological polar surface area (TPSA) is 0 Å². The first kappa shape index (κ1) is 12.5. The molecule has 90 valence electrons. The first-order valence-electron chi connectivity index (χ1n) is 5.20. The Morgan fingerprint density at radius 2 is 1.94 bits per heavy atom. The number of rotatable bonds is 3. The minimum atomic E-state index is -0.827. The molecule has 0 bridgehead atoms. The lowest BCUT2D eigenvalue weighted by Gasteiger charge is -2.07. The van der Waals surface area contributed by atoms with E-state index in [1.165, 1.54) is 10.9 Å². The number of hydrogen-bond donors (Lipinski definition) is 0. The van der Waals surface area contributed by atoms with Crippen molar-refractivity contribution in [2.75, 3.05) is 0 Å². The van der Waals surface area contributed by atoms with Crippen LogP contribution in [0.4, 0.5) is 8.78 Å². The fourth-order valence-corrected chi connectivity index (χ4v) is 2.84. The van der Waals surface area contributed by atoms with Gasteiger partial charge in [0.2, 0.25) is 0 Å². The van der Waals surface area contributed by atoms with Gasteiger partial charge >= 0.3 is 0 Å². The maximum Gasteiger partial charge on any atom is 0.159 e. The van der Waals surface area contributed by atoms with Gasteiger partial charge in [0.25, 0.3) is 0 Å². The normalized spacial score (nSPS) is 12.7. The van der Waals surface area contributed by atoms with E-state index in [2.05, 4.69) is 0 Å². The molecule has 0 spiro atoms. The van der Waals surface area contributed by atoms with Gasteiger partial charge in [0, 0.05) is 9.75 Å². The number of halogens is 3. The molecule has 2 rings (SSSR count). The van der Waals surface area contributed by atoms with Crippen molar-refractivity contribution in [1.29, 1.82) is 0 Å². The molecule has 0 saturated heterocycles. The third kappa shape index (κ3) is 3.05. The molecular formula is C13H11ClF2S. The molecule has 1 aromatic carbocycles. The highest BCUT2D eigenvalue weighted by Gasteiger charge is 2.12. The van der Waals surface area contributed by atoms with Gasteiger partial charge in [-0.1, -0.05) is 6.07 Å². The summed E-state index contributed by atoms with van der Waals surface area (Å²) in [6, 6.07) is 7.87. The van der Waals surface area contributed by atoms with Gasteiger partial charge in [-0.05, 0) is 43.2 Å². The molecule has 0 fully saturated rings. The van der Waals surface area contributed by atoms with E-state index in [4.69, 9.17) is 11.6 Å². The highest BCUT2D eigenvalue weighted by atomic mass is 35.5. The smallest absolute Gasteiger partial charge is 0.159 e. The molecule has 1 atom stereocenters. The van der Waals surface area contributed by atoms with Crippen LogP contribution in [0.15, 0.2) is 30.3 Å². The van der Waals surface area contributed by atoms with Gasteiger partial charge in [0.15, 0.2) is 11.6 Å². The van der Waals surface area contributed by atoms with E-state index < -0.39 is 11.6 Å². The first-order valence-corrected chi connectivity index (χ1v) is 6.46. The summed E-state index contributed by atoms with van der Waals surface area (Å²) < 4.78 is 25.8. The first-order chi connectivity index (χ1) is 8.06. The van der Waals surface area contributed by atoms with Crippen LogP contribution in [0.5, 0.6) is 0 Å². The van der Waals surface area contributed by atoms with Gasteiger partial charge in [-0.25, -0.2) is 8.78 Å². The van der Waals surface area contributed by atoms with E-state index in [1.54, 1.807) is 17.4 Å². The Balaban J connectivity index is 2.12. The molecule has 0 amide bonds. The summed E-state index contributed by atoms with van der Waals surface area (Å²) in [5.74, 6) is -1.65. The summed E-state index contributed by atoms with van der Waals surface area (Å²) in [7, 11) is 0. The lowest BCUT2D eigenvalue weighted by Crippen LogP contribution is -1.95. The largest absolute Gasteiger partial charge is 0.204 e. The molecule has 0 aliphatic heterocycles. The standard InChI is InChI=1S/C13H11ClF2S/c1-8-2-5-13(17-8)10(14)6-9-3-4-11(15)12(16)7-9/h2-5,7,10H,6H2,1H3. The van der Waals surface area contributed by atoms with Crippen molar-refractivity contribution in [3.05, 3.63) is 57.3 Å². The molecule has 0 nitrogen and oxygen atoms in total. The Morgan fingerprint density at radius 3 is 2.53 bits per heavy atom. The average molecular weight is 273 g/mol. The zero-order chi connectivity index (χ0) is 12.4. The zero-order valence-electron chi connectivity index (χ0n) is 9.21. The Bertz CT molecular complexity index is 522. The summed E-state index contributed by atoms with van der Waals surface area (Å²) in [6.07, 6.45) is 0.499. The molecular weight excluding hydrogens is 262 g/mol. The van der Waals surface area contributed by atoms with Crippen molar-refractivity contribution in [1.82, 2.24) is 0 Å². The van der Waals surface area contributed by atoms with Crippen LogP contribution in [0.1, 0.15) is 20.7 Å². The Labute approximate surface area is 108 Å². The van der Waals surface area contributed by atoms with E-state index in [-0.39, 0.29) is 5.38 Å². The molecule has 1 heterocycles. The monoisotopic (exact) mass is 272 g/mol. The van der Waals surface area contributed by atoms with Gasteiger partial charge < -0.3 is 0 Å². The van der Waals surface area contributed by atoms with Crippen LogP contribution in [0.3, 0.4) is 0 Å². The maximum atomic E-state index is 13.0. The van der Waals surface area contributed by atoms with Gasteiger partial charge in [0.1, 0.15) is 0 Å². The molecule has 0 N–H and O–H groups in total. The van der Waals surface area contributed by atoms with Crippen LogP contribution >= 0.6 is 22.9 Å². The SMILES string of the molecule is Cc1ccc(C(Cl)Cc2ccc(F)c(F)c2)s1. The molecule has 1 aromatic heterocycles. The van der Waals surface area contributed by atoms with Gasteiger partial charge in [0.05, 0.1) is 5.38 Å². The summed E-state index contributed by atoms with van der Waals surface area (Å²) in [5, 5.41) is -0.196. The Morgan fingerprint density at radius 1 is 1.18 bits per heavy atom. The van der Waals surface area contributed by atoms with Crippen LogP contribution in [0, 0.1) is 18.6 Å². The van der Waals surface area contributed by atoms with Crippen LogP contribution < -0.4 is 0 Å². The fraction of sp³-hybridized carbons (Fsp3) is 0.231. The van der Waals surface area contributed by atoms with Gasteiger partial charge in [-0.2, -0.15) is 0 Å². The molecule has 0 radical (unpaired) electrons. The molecule has 17 heavy (non-hydrogen) atoms.